The average Bonchev–Trinajstić information content (AvgIpc) is 2.66. The molecular weight excluding hydrogens is 440 g/mol. The number of aliphatic hydroxyl groups excluding tert-OH is 1. The summed E-state index contributed by atoms with van der Waals surface area (Å²) >= 11 is 1.34. The van der Waals surface area contributed by atoms with Crippen molar-refractivity contribution in [2.24, 2.45) is 5.73 Å². The molecule has 0 rings (SSSR count). The molecule has 0 aliphatic heterocycles. The largest absolute Gasteiger partial charge is 0.481 e. The molecule has 0 bridgehead atoms. The van der Waals surface area contributed by atoms with Crippen LogP contribution in [0.4, 0.5) is 0 Å². The van der Waals surface area contributed by atoms with Gasteiger partial charge in [-0.25, -0.2) is 4.79 Å². The van der Waals surface area contributed by atoms with Crippen molar-refractivity contribution in [1.29, 1.82) is 0 Å². The van der Waals surface area contributed by atoms with Crippen molar-refractivity contribution in [2.45, 2.75) is 43.4 Å². The SMILES string of the molecule is CSCCC(NC(=O)C(CO)NC(=O)C(CC(=O)O)NC(=O)C(N)CC(=O)O)C(=O)O. The summed E-state index contributed by atoms with van der Waals surface area (Å²) in [6.45, 7) is -0.946. The summed E-state index contributed by atoms with van der Waals surface area (Å²) in [5.74, 6) is -7.13. The van der Waals surface area contributed by atoms with E-state index >= 15 is 0 Å². The molecule has 3 amide bonds. The number of carbonyl (C=O) groups excluding carboxylic acids is 3. The molecule has 0 aromatic rings. The van der Waals surface area contributed by atoms with E-state index in [1.54, 1.807) is 6.26 Å². The minimum atomic E-state index is -1.74. The van der Waals surface area contributed by atoms with Gasteiger partial charge in [0, 0.05) is 0 Å². The van der Waals surface area contributed by atoms with Crippen molar-refractivity contribution in [3.63, 3.8) is 0 Å². The highest BCUT2D eigenvalue weighted by Crippen LogP contribution is 2.02. The number of amides is 3. The Labute approximate surface area is 180 Å². The number of nitrogens with one attached hydrogen (secondary N) is 3. The molecule has 0 saturated heterocycles. The summed E-state index contributed by atoms with van der Waals surface area (Å²) in [5, 5.41) is 42.3. The molecule has 9 N–H and O–H groups in total. The third-order valence-corrected chi connectivity index (χ3v) is 4.43. The van der Waals surface area contributed by atoms with Gasteiger partial charge in [0.1, 0.15) is 18.1 Å². The van der Waals surface area contributed by atoms with Gasteiger partial charge in [0.25, 0.3) is 0 Å². The molecule has 0 heterocycles. The third-order valence-electron chi connectivity index (χ3n) is 3.78. The number of carbonyl (C=O) groups is 6. The normalized spacial score (nSPS) is 14.4. The topological polar surface area (TPSA) is 245 Å². The fourth-order valence-electron chi connectivity index (χ4n) is 2.18. The first-order chi connectivity index (χ1) is 14.4. The summed E-state index contributed by atoms with van der Waals surface area (Å²) < 4.78 is 0. The van der Waals surface area contributed by atoms with Crippen molar-refractivity contribution in [2.75, 3.05) is 18.6 Å². The number of hydrogen-bond donors (Lipinski definition) is 8. The minimum Gasteiger partial charge on any atom is -0.481 e. The Bertz CT molecular complexity index is 689. The lowest BCUT2D eigenvalue weighted by molar-refractivity contribution is -0.143. The average molecular weight is 466 g/mol. The zero-order valence-corrected chi connectivity index (χ0v) is 17.4. The van der Waals surface area contributed by atoms with Gasteiger partial charge in [-0.1, -0.05) is 0 Å². The van der Waals surface area contributed by atoms with Crippen molar-refractivity contribution in [1.82, 2.24) is 16.0 Å². The molecule has 0 aliphatic rings. The van der Waals surface area contributed by atoms with Crippen LogP contribution in [0.1, 0.15) is 19.3 Å². The molecule has 0 fully saturated rings. The quantitative estimate of drug-likeness (QED) is 0.117. The van der Waals surface area contributed by atoms with E-state index in [2.05, 4.69) is 5.32 Å². The van der Waals surface area contributed by atoms with Gasteiger partial charge in [0.2, 0.25) is 17.7 Å². The number of carboxylic acid groups (broad SMARTS) is 3. The van der Waals surface area contributed by atoms with Crippen LogP contribution in [0.3, 0.4) is 0 Å². The molecule has 0 aliphatic carbocycles. The first kappa shape index (κ1) is 28.1. The highest BCUT2D eigenvalue weighted by molar-refractivity contribution is 7.98. The van der Waals surface area contributed by atoms with Crippen LogP contribution < -0.4 is 21.7 Å². The summed E-state index contributed by atoms with van der Waals surface area (Å²) in [5.41, 5.74) is 5.36. The van der Waals surface area contributed by atoms with Gasteiger partial charge in [-0.2, -0.15) is 11.8 Å². The van der Waals surface area contributed by atoms with Gasteiger partial charge in [-0.3, -0.25) is 24.0 Å². The van der Waals surface area contributed by atoms with Gasteiger partial charge < -0.3 is 42.1 Å². The fourth-order valence-corrected chi connectivity index (χ4v) is 2.65. The van der Waals surface area contributed by atoms with Crippen LogP contribution in [0.5, 0.6) is 0 Å². The van der Waals surface area contributed by atoms with E-state index in [9.17, 15) is 33.9 Å². The number of thioether (sulfide) groups is 1. The van der Waals surface area contributed by atoms with Crippen molar-refractivity contribution < 1.29 is 49.2 Å². The van der Waals surface area contributed by atoms with Gasteiger partial charge in [0.05, 0.1) is 25.5 Å². The predicted octanol–water partition coefficient (Wildman–Crippen LogP) is -3.45. The summed E-state index contributed by atoms with van der Waals surface area (Å²) in [6, 6.07) is -6.22. The molecule has 15 heteroatoms. The summed E-state index contributed by atoms with van der Waals surface area (Å²) in [4.78, 5) is 69.4. The lowest BCUT2D eigenvalue weighted by atomic mass is 10.1. The van der Waals surface area contributed by atoms with Gasteiger partial charge >= 0.3 is 17.9 Å². The van der Waals surface area contributed by atoms with Gasteiger partial charge in [-0.15, -0.1) is 0 Å². The maximum absolute atomic E-state index is 12.4. The van der Waals surface area contributed by atoms with Crippen LogP contribution in [0, 0.1) is 0 Å². The lowest BCUT2D eigenvalue weighted by Crippen LogP contribution is -2.58. The number of hydrogen-bond acceptors (Lipinski definition) is 9. The summed E-state index contributed by atoms with van der Waals surface area (Å²) in [6.07, 6.45) is 0.106. The Morgan fingerprint density at radius 1 is 0.806 bits per heavy atom. The minimum absolute atomic E-state index is 0.0769. The van der Waals surface area contributed by atoms with Crippen LogP contribution in [0.2, 0.25) is 0 Å². The Balaban J connectivity index is 5.23. The van der Waals surface area contributed by atoms with Gasteiger partial charge in [-0.05, 0) is 18.4 Å². The number of carboxylic acids is 3. The number of rotatable bonds is 15. The molecule has 0 aromatic heterocycles. The van der Waals surface area contributed by atoms with Crippen LogP contribution >= 0.6 is 11.8 Å². The maximum atomic E-state index is 12.4. The molecule has 176 valence electrons. The Morgan fingerprint density at radius 3 is 1.74 bits per heavy atom. The first-order valence-corrected chi connectivity index (χ1v) is 10.2. The van der Waals surface area contributed by atoms with Crippen molar-refractivity contribution in [3.8, 4) is 0 Å². The lowest BCUT2D eigenvalue weighted by Gasteiger charge is -2.23. The molecule has 0 radical (unpaired) electrons. The molecule has 4 unspecified atom stereocenters. The molecule has 0 spiro atoms. The van der Waals surface area contributed by atoms with Crippen LogP contribution in [0.25, 0.3) is 0 Å². The van der Waals surface area contributed by atoms with E-state index in [0.717, 1.165) is 0 Å². The number of aliphatic hydroxyl groups is 1. The van der Waals surface area contributed by atoms with Crippen LogP contribution in [-0.2, 0) is 28.8 Å². The van der Waals surface area contributed by atoms with Crippen LogP contribution in [0.15, 0.2) is 0 Å². The molecule has 4 atom stereocenters. The molecule has 0 aromatic carbocycles. The van der Waals surface area contributed by atoms with E-state index in [-0.39, 0.29) is 6.42 Å². The number of aliphatic carboxylic acids is 3. The molecule has 31 heavy (non-hydrogen) atoms. The molecule has 14 nitrogen and oxygen atoms in total. The predicted molar refractivity (Wildman–Crippen MR) is 106 cm³/mol. The molecular formula is C16H26N4O10S. The first-order valence-electron chi connectivity index (χ1n) is 8.85. The third kappa shape index (κ3) is 11.2. The van der Waals surface area contributed by atoms with Crippen molar-refractivity contribution >= 4 is 47.4 Å². The smallest absolute Gasteiger partial charge is 0.326 e. The Hall–Kier alpha value is -2.91. The van der Waals surface area contributed by atoms with E-state index in [1.165, 1.54) is 11.8 Å². The van der Waals surface area contributed by atoms with E-state index in [0.29, 0.717) is 5.75 Å². The summed E-state index contributed by atoms with van der Waals surface area (Å²) in [7, 11) is 0. The van der Waals surface area contributed by atoms with Gasteiger partial charge in [0.15, 0.2) is 0 Å². The maximum Gasteiger partial charge on any atom is 0.326 e. The Kier molecular flexibility index (Phi) is 12.8. The van der Waals surface area contributed by atoms with E-state index in [4.69, 9.17) is 21.1 Å². The van der Waals surface area contributed by atoms with E-state index in [1.807, 2.05) is 10.6 Å². The second kappa shape index (κ2) is 14.2. The molecule has 0 saturated carbocycles. The van der Waals surface area contributed by atoms with E-state index < -0.39 is 79.2 Å². The monoisotopic (exact) mass is 466 g/mol. The highest BCUT2D eigenvalue weighted by atomic mass is 32.2. The fraction of sp³-hybridized carbons (Fsp3) is 0.625. The number of nitrogens with two attached hydrogens (primary N) is 1. The zero-order chi connectivity index (χ0) is 24.1. The standard InChI is InChI=1S/C16H26N4O10S/c1-31-3-2-8(16(29)30)18-15(28)10(6-21)20-14(27)9(5-12(24)25)19-13(26)7(17)4-11(22)23/h7-10,21H,2-6,17H2,1H3,(H,18,28)(H,19,26)(H,20,27)(H,22,23)(H,24,25)(H,29,30). The highest BCUT2D eigenvalue weighted by Gasteiger charge is 2.31. The second-order valence-electron chi connectivity index (χ2n) is 6.29. The second-order valence-corrected chi connectivity index (χ2v) is 7.27. The van der Waals surface area contributed by atoms with Crippen LogP contribution in [-0.4, -0.2) is 98.8 Å². The zero-order valence-electron chi connectivity index (χ0n) is 16.6. The van der Waals surface area contributed by atoms with Crippen molar-refractivity contribution in [3.05, 3.63) is 0 Å². The Morgan fingerprint density at radius 2 is 1.29 bits per heavy atom.